The fourth-order valence-corrected chi connectivity index (χ4v) is 5.79. The molecule has 1 aliphatic carbocycles. The Balaban J connectivity index is 1.48. The van der Waals surface area contributed by atoms with Crippen LogP contribution in [0.4, 0.5) is 15.8 Å². The van der Waals surface area contributed by atoms with E-state index in [1.165, 1.54) is 30.7 Å². The van der Waals surface area contributed by atoms with Crippen LogP contribution in [0.5, 0.6) is 0 Å². The van der Waals surface area contributed by atoms with Gasteiger partial charge in [-0.1, -0.05) is 29.8 Å². The van der Waals surface area contributed by atoms with E-state index in [-0.39, 0.29) is 23.6 Å². The molecule has 3 unspecified atom stereocenters. The summed E-state index contributed by atoms with van der Waals surface area (Å²) < 4.78 is 15.9. The minimum Gasteiger partial charge on any atom is -0.390 e. The van der Waals surface area contributed by atoms with Crippen molar-refractivity contribution in [2.24, 2.45) is 10.7 Å². The maximum Gasteiger partial charge on any atom is 0.322 e. The molecular formula is C27H32ClFN8O2+2. The standard InChI is InChI=1S/C27H30ClFN8O2/c1-35-24-14-32-21(25(31)33-15-30)13-22(24)37(27(35)19-7-2-3-8-20(19)29)18-6-4-5-17(12-18)34-26(38)23-11-16(28)9-10-36(23)39/h2-3,7-11,13-15,17-18,25,27H,4-6,12,31H2,1H3,(H3-,30,33,34,38,39)/p+2/t17?,18-,25?,27?/m1/s1. The molecule has 4 atom stereocenters. The summed E-state index contributed by atoms with van der Waals surface area (Å²) in [5.74, 6) is -0.710. The first-order chi connectivity index (χ1) is 18.8. The van der Waals surface area contributed by atoms with Gasteiger partial charge in [0, 0.05) is 41.6 Å². The van der Waals surface area contributed by atoms with Gasteiger partial charge in [-0.25, -0.2) is 9.38 Å². The quantitative estimate of drug-likeness (QED) is 0.160. The first kappa shape index (κ1) is 26.6. The summed E-state index contributed by atoms with van der Waals surface area (Å²) in [6, 6.07) is 11.5. The van der Waals surface area contributed by atoms with Gasteiger partial charge in [-0.2, -0.15) is 0 Å². The van der Waals surface area contributed by atoms with Gasteiger partial charge in [-0.3, -0.25) is 15.0 Å². The van der Waals surface area contributed by atoms with Crippen molar-refractivity contribution in [3.05, 3.63) is 82.6 Å². The van der Waals surface area contributed by atoms with E-state index < -0.39 is 18.2 Å². The zero-order valence-corrected chi connectivity index (χ0v) is 22.3. The van der Waals surface area contributed by atoms with Crippen LogP contribution in [0.3, 0.4) is 0 Å². The Bertz CT molecular complexity index is 1410. The number of aliphatic imine (C=N–C) groups is 1. The minimum atomic E-state index is -0.485. The Morgan fingerprint density at radius 2 is 2.13 bits per heavy atom. The van der Waals surface area contributed by atoms with Crippen molar-refractivity contribution in [2.45, 2.75) is 50.1 Å². The third-order valence-electron chi connectivity index (χ3n) is 7.47. The van der Waals surface area contributed by atoms with Crippen LogP contribution in [-0.4, -0.2) is 41.6 Å². The zero-order valence-electron chi connectivity index (χ0n) is 21.5. The molecular weight excluding hydrogens is 523 g/mol. The number of hydrogen-bond donors (Lipinski definition) is 4. The Labute approximate surface area is 230 Å². The number of anilines is 2. The summed E-state index contributed by atoms with van der Waals surface area (Å²) in [6.45, 7) is 0. The lowest BCUT2D eigenvalue weighted by Gasteiger charge is -2.41. The Kier molecular flexibility index (Phi) is 7.53. The number of nitrogens with one attached hydrogen (secondary N) is 1. The van der Waals surface area contributed by atoms with Crippen molar-refractivity contribution in [1.29, 1.82) is 0 Å². The number of hydrogen-bond acceptors (Lipinski definition) is 6. The van der Waals surface area contributed by atoms with Crippen LogP contribution in [0.2, 0.25) is 5.02 Å². The smallest absolute Gasteiger partial charge is 0.322 e. The molecule has 0 bridgehead atoms. The molecule has 7 N–H and O–H groups in total. The Morgan fingerprint density at radius 3 is 2.90 bits per heavy atom. The number of nitrogens with two attached hydrogens (primary N) is 1. The van der Waals surface area contributed by atoms with Gasteiger partial charge in [0.2, 0.25) is 12.4 Å². The van der Waals surface area contributed by atoms with E-state index in [4.69, 9.17) is 17.3 Å². The normalized spacial score (nSPS) is 21.7. The number of quaternary nitrogens is 1. The number of amides is 1. The topological polar surface area (TPSA) is 139 Å². The first-order valence-electron chi connectivity index (χ1n) is 12.8. The number of carbonyl (C=O) groups excluding carboxylic acids is 1. The fraction of sp³-hybridized carbons (Fsp3) is 0.333. The van der Waals surface area contributed by atoms with Gasteiger partial charge < -0.3 is 26.6 Å². The fourth-order valence-electron chi connectivity index (χ4n) is 5.63. The van der Waals surface area contributed by atoms with Crippen molar-refractivity contribution in [1.82, 2.24) is 10.3 Å². The summed E-state index contributed by atoms with van der Waals surface area (Å²) in [6.07, 6.45) is 6.53. The molecule has 12 heteroatoms. The van der Waals surface area contributed by atoms with Crippen LogP contribution < -0.4 is 31.3 Å². The van der Waals surface area contributed by atoms with E-state index in [9.17, 15) is 10.0 Å². The number of benzene rings is 1. The number of fused-ring (bicyclic) bond motifs is 1. The van der Waals surface area contributed by atoms with Crippen LogP contribution >= 0.6 is 11.6 Å². The molecule has 1 aromatic carbocycles. The molecule has 2 aliphatic rings. The molecule has 1 amide bonds. The molecule has 5 rings (SSSR count). The molecule has 0 radical (unpaired) electrons. The highest BCUT2D eigenvalue weighted by Gasteiger charge is 2.42. The highest BCUT2D eigenvalue weighted by atomic mass is 35.5. The monoisotopic (exact) mass is 554 g/mol. The first-order valence-corrected chi connectivity index (χ1v) is 13.2. The molecule has 0 saturated heterocycles. The van der Waals surface area contributed by atoms with Crippen molar-refractivity contribution in [2.75, 3.05) is 16.8 Å². The minimum absolute atomic E-state index is 0.0190. The molecule has 1 aliphatic heterocycles. The van der Waals surface area contributed by atoms with E-state index in [0.717, 1.165) is 35.4 Å². The highest BCUT2D eigenvalue weighted by Crippen LogP contribution is 2.49. The summed E-state index contributed by atoms with van der Waals surface area (Å²) in [4.78, 5) is 26.0. The van der Waals surface area contributed by atoms with Crippen molar-refractivity contribution >= 4 is 35.2 Å². The third-order valence-corrected chi connectivity index (χ3v) is 7.70. The zero-order chi connectivity index (χ0) is 27.7. The van der Waals surface area contributed by atoms with Gasteiger partial charge in [0.05, 0.1) is 28.9 Å². The number of halogens is 2. The van der Waals surface area contributed by atoms with Crippen molar-refractivity contribution < 1.29 is 24.9 Å². The molecule has 2 aromatic heterocycles. The second-order valence-electron chi connectivity index (χ2n) is 9.89. The molecule has 1 saturated carbocycles. The molecule has 3 heterocycles. The Hall–Kier alpha value is -3.96. The van der Waals surface area contributed by atoms with Crippen LogP contribution in [0.1, 0.15) is 59.8 Å². The van der Waals surface area contributed by atoms with Gasteiger partial charge >= 0.3 is 11.6 Å². The number of nitrogens with zero attached hydrogens (tertiary/aromatic N) is 5. The number of rotatable bonds is 6. The Morgan fingerprint density at radius 1 is 1.33 bits per heavy atom. The van der Waals surface area contributed by atoms with E-state index in [2.05, 4.69) is 25.9 Å². The van der Waals surface area contributed by atoms with Gasteiger partial charge in [-0.15, -0.1) is 0 Å². The van der Waals surface area contributed by atoms with Crippen LogP contribution in [0.15, 0.2) is 59.9 Å². The number of carbonyl (C=O) groups is 1. The molecule has 1 fully saturated rings. The average Bonchev–Trinajstić information content (AvgIpc) is 3.22. The second-order valence-corrected chi connectivity index (χ2v) is 10.3. The number of aromatic nitrogens is 2. The van der Waals surface area contributed by atoms with Crippen molar-refractivity contribution in [3.63, 3.8) is 0 Å². The maximum atomic E-state index is 15.2. The summed E-state index contributed by atoms with van der Waals surface area (Å²) >= 11 is 6.04. The van der Waals surface area contributed by atoms with Crippen LogP contribution in [0, 0.1) is 5.82 Å². The van der Waals surface area contributed by atoms with Gasteiger partial charge in [0.15, 0.2) is 0 Å². The van der Waals surface area contributed by atoms with Crippen molar-refractivity contribution in [3.8, 4) is 0 Å². The molecule has 10 nitrogen and oxygen atoms in total. The largest absolute Gasteiger partial charge is 0.390 e. The van der Waals surface area contributed by atoms with E-state index in [1.54, 1.807) is 18.3 Å². The second kappa shape index (κ2) is 11.0. The molecule has 204 valence electrons. The van der Waals surface area contributed by atoms with Gasteiger partial charge in [0.25, 0.3) is 0 Å². The molecule has 0 spiro atoms. The highest BCUT2D eigenvalue weighted by molar-refractivity contribution is 6.30. The maximum absolute atomic E-state index is 15.2. The summed E-state index contributed by atoms with van der Waals surface area (Å²) in [5, 5.41) is 13.5. The van der Waals surface area contributed by atoms with E-state index >= 15 is 4.39 Å². The summed E-state index contributed by atoms with van der Waals surface area (Å²) in [5.41, 5.74) is 12.6. The number of pyridine rings is 2. The lowest BCUT2D eigenvalue weighted by atomic mass is 9.89. The van der Waals surface area contributed by atoms with Gasteiger partial charge in [0.1, 0.15) is 17.7 Å². The van der Waals surface area contributed by atoms with E-state index in [1.807, 2.05) is 24.1 Å². The lowest BCUT2D eigenvalue weighted by Crippen LogP contribution is -2.53. The predicted octanol–water partition coefficient (Wildman–Crippen LogP) is 2.32. The molecule has 39 heavy (non-hydrogen) atoms. The average molecular weight is 555 g/mol. The lowest BCUT2D eigenvalue weighted by molar-refractivity contribution is -0.905. The predicted molar refractivity (Wildman–Crippen MR) is 145 cm³/mol. The van der Waals surface area contributed by atoms with Crippen LogP contribution in [0.25, 0.3) is 0 Å². The van der Waals surface area contributed by atoms with Gasteiger partial charge in [-0.05, 0) is 37.8 Å². The van der Waals surface area contributed by atoms with E-state index in [0.29, 0.717) is 22.7 Å². The molecule has 3 aromatic rings. The van der Waals surface area contributed by atoms with Crippen LogP contribution in [-0.2, 0) is 0 Å². The SMILES string of the molecule is CN1c2cnc(C([NH3+])/N=C\N)cc2N([C@@H]2CCCC(NC(=O)c3cc(Cl)cc[n+]3O)C2)C1c1ccccc1F. The third kappa shape index (κ3) is 5.19. The summed E-state index contributed by atoms with van der Waals surface area (Å²) in [7, 11) is 1.93.